The highest BCUT2D eigenvalue weighted by atomic mass is 19.1. The normalized spacial score (nSPS) is 13.0. The third-order valence-corrected chi connectivity index (χ3v) is 6.00. The molecule has 0 saturated carbocycles. The van der Waals surface area contributed by atoms with Crippen LogP contribution in [-0.4, -0.2) is 54.6 Å². The van der Waals surface area contributed by atoms with Gasteiger partial charge in [0.05, 0.1) is 23.1 Å². The summed E-state index contributed by atoms with van der Waals surface area (Å²) in [6.45, 7) is 1.77. The number of hydrogen-bond acceptors (Lipinski definition) is 7. The highest BCUT2D eigenvalue weighted by Gasteiger charge is 2.26. The van der Waals surface area contributed by atoms with Crippen LogP contribution in [0, 0.1) is 5.82 Å². The molecule has 0 unspecified atom stereocenters. The van der Waals surface area contributed by atoms with Crippen LogP contribution in [0.4, 0.5) is 21.6 Å². The van der Waals surface area contributed by atoms with Gasteiger partial charge < -0.3 is 24.6 Å². The molecule has 0 radical (unpaired) electrons. The van der Waals surface area contributed by atoms with Gasteiger partial charge in [-0.15, -0.1) is 0 Å². The van der Waals surface area contributed by atoms with Gasteiger partial charge in [-0.1, -0.05) is 18.2 Å². The van der Waals surface area contributed by atoms with Crippen LogP contribution in [0.25, 0.3) is 10.9 Å². The Kier molecular flexibility index (Phi) is 7.46. The van der Waals surface area contributed by atoms with E-state index in [4.69, 9.17) is 9.47 Å². The Balaban J connectivity index is 1.36. The van der Waals surface area contributed by atoms with Crippen LogP contribution in [0.2, 0.25) is 0 Å². The Bertz CT molecular complexity index is 1470. The lowest BCUT2D eigenvalue weighted by atomic mass is 10.1. The number of fused-ring (bicyclic) bond motifs is 3. The average molecular weight is 514 g/mol. The highest BCUT2D eigenvalue weighted by Crippen LogP contribution is 2.41. The van der Waals surface area contributed by atoms with Gasteiger partial charge in [0.2, 0.25) is 0 Å². The molecule has 0 bridgehead atoms. The molecule has 5 rings (SSSR count). The predicted octanol–water partition coefficient (Wildman–Crippen LogP) is 4.93. The zero-order chi connectivity index (χ0) is 26.5. The van der Waals surface area contributed by atoms with E-state index in [9.17, 15) is 9.18 Å². The molecular weight excluding hydrogens is 485 g/mol. The van der Waals surface area contributed by atoms with Crippen molar-refractivity contribution in [1.82, 2.24) is 14.9 Å². The number of carbonyl (C=O) groups is 1. The number of hydrogen-bond donors (Lipinski definition) is 1. The van der Waals surface area contributed by atoms with Gasteiger partial charge in [0.15, 0.2) is 5.75 Å². The molecule has 8 nitrogen and oxygen atoms in total. The topological polar surface area (TPSA) is 79.8 Å². The van der Waals surface area contributed by atoms with Gasteiger partial charge >= 0.3 is 0 Å². The summed E-state index contributed by atoms with van der Waals surface area (Å²) in [5.74, 6) is 1.40. The van der Waals surface area contributed by atoms with Crippen LogP contribution < -0.4 is 19.7 Å². The summed E-state index contributed by atoms with van der Waals surface area (Å²) in [7, 11) is 3.90. The third kappa shape index (κ3) is 5.73. The van der Waals surface area contributed by atoms with Crippen LogP contribution in [0.5, 0.6) is 11.5 Å². The number of ether oxygens (including phenoxy) is 2. The van der Waals surface area contributed by atoms with Crippen LogP contribution in [-0.2, 0) is 11.4 Å². The van der Waals surface area contributed by atoms with Crippen molar-refractivity contribution in [2.45, 2.75) is 6.61 Å². The zero-order valence-electron chi connectivity index (χ0n) is 21.2. The minimum Gasteiger partial charge on any atom is -0.489 e. The fourth-order valence-corrected chi connectivity index (χ4v) is 4.17. The second-order valence-corrected chi connectivity index (χ2v) is 9.10. The van der Waals surface area contributed by atoms with Crippen molar-refractivity contribution in [2.24, 2.45) is 0 Å². The summed E-state index contributed by atoms with van der Waals surface area (Å²) in [4.78, 5) is 25.5. The van der Waals surface area contributed by atoms with E-state index in [2.05, 4.69) is 15.3 Å². The highest BCUT2D eigenvalue weighted by molar-refractivity contribution is 6.07. The molecule has 0 fully saturated rings. The first-order valence-corrected chi connectivity index (χ1v) is 12.3. The summed E-state index contributed by atoms with van der Waals surface area (Å²) in [5, 5.41) is 4.04. The summed E-state index contributed by atoms with van der Waals surface area (Å²) in [6, 6.07) is 17.5. The lowest BCUT2D eigenvalue weighted by Crippen LogP contribution is -2.37. The number of aromatic nitrogens is 2. The van der Waals surface area contributed by atoms with E-state index >= 15 is 0 Å². The second kappa shape index (κ2) is 11.3. The standard InChI is InChI=1S/C29H28FN5O3/c1-34(2)14-4-7-26(36)35-15-16-37-28-25(35)13-12-24-27(28)29(32-19-31-24)33-22-8-10-23(11-9-22)38-18-20-5-3-6-21(30)17-20/h3-13,17,19H,14-16,18H2,1-2H3,(H,31,32,33)/b7-4+. The number of likely N-dealkylation sites (N-methyl/N-ethyl adjacent to an activating group) is 1. The third-order valence-electron chi connectivity index (χ3n) is 6.00. The lowest BCUT2D eigenvalue weighted by Gasteiger charge is -2.30. The van der Waals surface area contributed by atoms with Crippen LogP contribution >= 0.6 is 0 Å². The monoisotopic (exact) mass is 513 g/mol. The van der Waals surface area contributed by atoms with Crippen LogP contribution in [0.1, 0.15) is 5.56 Å². The molecule has 0 atom stereocenters. The van der Waals surface area contributed by atoms with E-state index in [-0.39, 0.29) is 18.3 Å². The molecule has 0 saturated heterocycles. The molecule has 1 N–H and O–H groups in total. The molecule has 38 heavy (non-hydrogen) atoms. The summed E-state index contributed by atoms with van der Waals surface area (Å²) in [5.41, 5.74) is 2.93. The Hall–Kier alpha value is -4.50. The number of benzene rings is 3. The number of rotatable bonds is 8. The zero-order valence-corrected chi connectivity index (χ0v) is 21.2. The molecule has 1 aliphatic rings. The molecule has 9 heteroatoms. The predicted molar refractivity (Wildman–Crippen MR) is 146 cm³/mol. The first kappa shape index (κ1) is 25.2. The molecule has 1 amide bonds. The number of amides is 1. The van der Waals surface area contributed by atoms with E-state index in [0.29, 0.717) is 53.6 Å². The van der Waals surface area contributed by atoms with Gasteiger partial charge in [0.25, 0.3) is 5.91 Å². The van der Waals surface area contributed by atoms with E-state index in [1.165, 1.54) is 18.5 Å². The van der Waals surface area contributed by atoms with Crippen molar-refractivity contribution in [2.75, 3.05) is 44.0 Å². The molecule has 3 aromatic carbocycles. The fourth-order valence-electron chi connectivity index (χ4n) is 4.17. The van der Waals surface area contributed by atoms with Crippen molar-refractivity contribution in [3.8, 4) is 11.5 Å². The Morgan fingerprint density at radius 2 is 2.00 bits per heavy atom. The second-order valence-electron chi connectivity index (χ2n) is 9.10. The summed E-state index contributed by atoms with van der Waals surface area (Å²) in [6.07, 6.45) is 4.93. The Morgan fingerprint density at radius 3 is 2.79 bits per heavy atom. The van der Waals surface area contributed by atoms with Crippen LogP contribution in [0.3, 0.4) is 0 Å². The molecular formula is C29H28FN5O3. The van der Waals surface area contributed by atoms with Crippen molar-refractivity contribution < 1.29 is 18.7 Å². The molecule has 1 aromatic heterocycles. The molecule has 1 aliphatic heterocycles. The lowest BCUT2D eigenvalue weighted by molar-refractivity contribution is -0.114. The fraction of sp³-hybridized carbons (Fsp3) is 0.207. The molecule has 0 aliphatic carbocycles. The first-order chi connectivity index (χ1) is 18.5. The minimum atomic E-state index is -0.290. The number of halogens is 1. The largest absolute Gasteiger partial charge is 0.489 e. The Morgan fingerprint density at radius 1 is 1.16 bits per heavy atom. The quantitative estimate of drug-likeness (QED) is 0.335. The smallest absolute Gasteiger partial charge is 0.250 e. The van der Waals surface area contributed by atoms with Crippen molar-refractivity contribution in [3.63, 3.8) is 0 Å². The molecule has 194 valence electrons. The van der Waals surface area contributed by atoms with E-state index < -0.39 is 0 Å². The van der Waals surface area contributed by atoms with Gasteiger partial charge in [-0.3, -0.25) is 4.79 Å². The first-order valence-electron chi connectivity index (χ1n) is 12.3. The van der Waals surface area contributed by atoms with Gasteiger partial charge in [0.1, 0.15) is 36.9 Å². The SMILES string of the molecule is CN(C)C/C=C/C(=O)N1CCOc2c1ccc1ncnc(Nc3ccc(OCc4cccc(F)c4)cc3)c21. The molecule has 0 spiro atoms. The summed E-state index contributed by atoms with van der Waals surface area (Å²) < 4.78 is 25.2. The van der Waals surface area contributed by atoms with Crippen molar-refractivity contribution >= 4 is 34.0 Å². The number of nitrogens with one attached hydrogen (secondary N) is 1. The van der Waals surface area contributed by atoms with Crippen molar-refractivity contribution in [1.29, 1.82) is 0 Å². The Labute approximate surface area is 220 Å². The number of carbonyl (C=O) groups excluding carboxylic acids is 1. The van der Waals surface area contributed by atoms with Gasteiger partial charge in [0, 0.05) is 18.3 Å². The van der Waals surface area contributed by atoms with E-state index in [1.54, 1.807) is 17.0 Å². The molecule has 4 aromatic rings. The minimum absolute atomic E-state index is 0.101. The maximum absolute atomic E-state index is 13.4. The van der Waals surface area contributed by atoms with E-state index in [1.807, 2.05) is 67.5 Å². The van der Waals surface area contributed by atoms with Gasteiger partial charge in [-0.05, 0) is 68.2 Å². The number of anilines is 3. The average Bonchev–Trinajstić information content (AvgIpc) is 2.92. The van der Waals surface area contributed by atoms with E-state index in [0.717, 1.165) is 11.3 Å². The van der Waals surface area contributed by atoms with Crippen molar-refractivity contribution in [3.05, 3.63) is 90.5 Å². The maximum atomic E-state index is 13.4. The van der Waals surface area contributed by atoms with Gasteiger partial charge in [-0.25, -0.2) is 14.4 Å². The number of nitrogens with zero attached hydrogens (tertiary/aromatic N) is 4. The maximum Gasteiger partial charge on any atom is 0.250 e. The van der Waals surface area contributed by atoms with Gasteiger partial charge in [-0.2, -0.15) is 0 Å². The molecule has 2 heterocycles. The van der Waals surface area contributed by atoms with Crippen LogP contribution in [0.15, 0.2) is 79.1 Å². The summed E-state index contributed by atoms with van der Waals surface area (Å²) >= 11 is 0.